The Morgan fingerprint density at radius 3 is 2.89 bits per heavy atom. The maximum Gasteiger partial charge on any atom is 0.248 e. The Morgan fingerprint density at radius 1 is 1.47 bits per heavy atom. The normalized spacial score (nSPS) is 19.1. The molecule has 1 aliphatic rings. The van der Waals surface area contributed by atoms with Crippen molar-refractivity contribution in [2.75, 3.05) is 30.8 Å². The van der Waals surface area contributed by atoms with Crippen LogP contribution in [0.5, 0.6) is 0 Å². The van der Waals surface area contributed by atoms with Gasteiger partial charge in [-0.15, -0.1) is 0 Å². The Morgan fingerprint density at radius 2 is 2.26 bits per heavy atom. The number of likely N-dealkylation sites (N-methyl/N-ethyl adjacent to an activating group) is 1. The monoisotopic (exact) mass is 263 g/mol. The van der Waals surface area contributed by atoms with Gasteiger partial charge in [-0.1, -0.05) is 0 Å². The van der Waals surface area contributed by atoms with Gasteiger partial charge in [0.1, 0.15) is 0 Å². The molecule has 1 heterocycles. The van der Waals surface area contributed by atoms with Crippen molar-refractivity contribution in [3.63, 3.8) is 0 Å². The molecule has 5 heteroatoms. The van der Waals surface area contributed by atoms with Crippen LogP contribution in [0.2, 0.25) is 0 Å². The summed E-state index contributed by atoms with van der Waals surface area (Å²) in [5.74, 6) is -0.441. The minimum absolute atomic E-state index is 0.232. The third-order valence-electron chi connectivity index (χ3n) is 3.48. The molecule has 0 bridgehead atoms. The molecule has 1 aromatic carbocycles. The van der Waals surface area contributed by atoms with E-state index in [1.54, 1.807) is 18.2 Å². The van der Waals surface area contributed by atoms with Crippen LogP contribution in [-0.4, -0.2) is 32.2 Å². The predicted octanol–water partition coefficient (Wildman–Crippen LogP) is 1.37. The number of anilines is 2. The summed E-state index contributed by atoms with van der Waals surface area (Å²) >= 11 is 0. The molecule has 104 valence electrons. The third kappa shape index (κ3) is 3.38. The zero-order chi connectivity index (χ0) is 13.8. The van der Waals surface area contributed by atoms with Gasteiger partial charge in [0.25, 0.3) is 0 Å². The molecule has 1 amide bonds. The summed E-state index contributed by atoms with van der Waals surface area (Å²) in [6.45, 7) is 1.60. The number of amides is 1. The van der Waals surface area contributed by atoms with E-state index in [0.717, 1.165) is 31.7 Å². The average molecular weight is 263 g/mol. The van der Waals surface area contributed by atoms with Crippen molar-refractivity contribution in [2.24, 2.45) is 5.73 Å². The fourth-order valence-corrected chi connectivity index (χ4v) is 2.38. The van der Waals surface area contributed by atoms with Crippen LogP contribution in [0.1, 0.15) is 29.6 Å². The lowest BCUT2D eigenvalue weighted by Crippen LogP contribution is -2.33. The standard InChI is InChI=1S/C14H21N3O2/c1-17(9-11-4-2-3-7-19-11)13-8-10(14(16)18)5-6-12(13)15/h5-6,8,11H,2-4,7,9,15H2,1H3,(H2,16,18). The van der Waals surface area contributed by atoms with E-state index in [2.05, 4.69) is 0 Å². The van der Waals surface area contributed by atoms with Crippen LogP contribution < -0.4 is 16.4 Å². The molecule has 1 saturated heterocycles. The second-order valence-electron chi connectivity index (χ2n) is 5.01. The van der Waals surface area contributed by atoms with E-state index in [9.17, 15) is 4.79 Å². The smallest absolute Gasteiger partial charge is 0.248 e. The lowest BCUT2D eigenvalue weighted by Gasteiger charge is -2.29. The number of ether oxygens (including phenoxy) is 1. The highest BCUT2D eigenvalue weighted by atomic mass is 16.5. The molecular formula is C14H21N3O2. The van der Waals surface area contributed by atoms with Crippen molar-refractivity contribution >= 4 is 17.3 Å². The predicted molar refractivity (Wildman–Crippen MR) is 76.2 cm³/mol. The number of hydrogen-bond donors (Lipinski definition) is 2. The first kappa shape index (κ1) is 13.7. The number of hydrogen-bond acceptors (Lipinski definition) is 4. The van der Waals surface area contributed by atoms with E-state index >= 15 is 0 Å². The van der Waals surface area contributed by atoms with Crippen LogP contribution in [0.4, 0.5) is 11.4 Å². The fraction of sp³-hybridized carbons (Fsp3) is 0.500. The molecule has 1 aromatic rings. The maximum absolute atomic E-state index is 11.2. The van der Waals surface area contributed by atoms with Crippen molar-refractivity contribution in [3.05, 3.63) is 23.8 Å². The summed E-state index contributed by atoms with van der Waals surface area (Å²) in [6.07, 6.45) is 3.64. The average Bonchev–Trinajstić information content (AvgIpc) is 2.40. The van der Waals surface area contributed by atoms with Gasteiger partial charge in [0.2, 0.25) is 5.91 Å². The van der Waals surface area contributed by atoms with Gasteiger partial charge in [-0.25, -0.2) is 0 Å². The van der Waals surface area contributed by atoms with Crippen molar-refractivity contribution < 1.29 is 9.53 Å². The van der Waals surface area contributed by atoms with Gasteiger partial charge < -0.3 is 21.1 Å². The molecule has 1 unspecified atom stereocenters. The molecule has 1 fully saturated rings. The molecule has 4 N–H and O–H groups in total. The van der Waals surface area contributed by atoms with E-state index < -0.39 is 5.91 Å². The summed E-state index contributed by atoms with van der Waals surface area (Å²) in [4.78, 5) is 13.2. The van der Waals surface area contributed by atoms with Gasteiger partial charge in [0.15, 0.2) is 0 Å². The molecule has 0 saturated carbocycles. The quantitative estimate of drug-likeness (QED) is 0.804. The molecular weight excluding hydrogens is 242 g/mol. The number of benzene rings is 1. The molecule has 19 heavy (non-hydrogen) atoms. The van der Waals surface area contributed by atoms with Gasteiger partial charge >= 0.3 is 0 Å². The van der Waals surface area contributed by atoms with Gasteiger partial charge in [-0.3, -0.25) is 4.79 Å². The Hall–Kier alpha value is -1.75. The largest absolute Gasteiger partial charge is 0.397 e. The molecule has 0 spiro atoms. The van der Waals surface area contributed by atoms with Crippen LogP contribution >= 0.6 is 0 Å². The lowest BCUT2D eigenvalue weighted by molar-refractivity contribution is 0.0216. The minimum atomic E-state index is -0.441. The first-order chi connectivity index (χ1) is 9.08. The van der Waals surface area contributed by atoms with E-state index in [0.29, 0.717) is 11.3 Å². The van der Waals surface area contributed by atoms with Crippen molar-refractivity contribution in [1.82, 2.24) is 0 Å². The topological polar surface area (TPSA) is 81.6 Å². The van der Waals surface area contributed by atoms with Gasteiger partial charge in [0.05, 0.1) is 17.5 Å². The first-order valence-corrected chi connectivity index (χ1v) is 6.60. The highest BCUT2D eigenvalue weighted by Gasteiger charge is 2.17. The van der Waals surface area contributed by atoms with Gasteiger partial charge in [-0.05, 0) is 37.5 Å². The number of rotatable bonds is 4. The molecule has 2 rings (SSSR count). The summed E-state index contributed by atoms with van der Waals surface area (Å²) in [5.41, 5.74) is 13.2. The first-order valence-electron chi connectivity index (χ1n) is 6.60. The number of carbonyl (C=O) groups is 1. The van der Waals surface area contributed by atoms with Crippen molar-refractivity contribution in [3.8, 4) is 0 Å². The van der Waals surface area contributed by atoms with E-state index in [1.165, 1.54) is 6.42 Å². The number of primary amides is 1. The Labute approximate surface area is 113 Å². The van der Waals surface area contributed by atoms with Crippen LogP contribution in [0.15, 0.2) is 18.2 Å². The summed E-state index contributed by atoms with van der Waals surface area (Å²) < 4.78 is 5.71. The highest BCUT2D eigenvalue weighted by molar-refractivity contribution is 5.95. The zero-order valence-corrected chi connectivity index (χ0v) is 11.3. The van der Waals surface area contributed by atoms with Crippen LogP contribution in [0.3, 0.4) is 0 Å². The molecule has 1 aliphatic heterocycles. The maximum atomic E-state index is 11.2. The molecule has 0 aromatic heterocycles. The summed E-state index contributed by atoms with van der Waals surface area (Å²) in [7, 11) is 1.95. The van der Waals surface area contributed by atoms with Gasteiger partial charge in [-0.2, -0.15) is 0 Å². The van der Waals surface area contributed by atoms with Crippen LogP contribution in [0, 0.1) is 0 Å². The minimum Gasteiger partial charge on any atom is -0.397 e. The van der Waals surface area contributed by atoms with Crippen molar-refractivity contribution in [2.45, 2.75) is 25.4 Å². The van der Waals surface area contributed by atoms with E-state index in [1.807, 2.05) is 11.9 Å². The second-order valence-corrected chi connectivity index (χ2v) is 5.01. The summed E-state index contributed by atoms with van der Waals surface area (Å²) in [6, 6.07) is 5.10. The van der Waals surface area contributed by atoms with Crippen LogP contribution in [-0.2, 0) is 4.74 Å². The number of nitrogens with two attached hydrogens (primary N) is 2. The van der Waals surface area contributed by atoms with Crippen LogP contribution in [0.25, 0.3) is 0 Å². The second kappa shape index (κ2) is 5.93. The Kier molecular flexibility index (Phi) is 4.27. The lowest BCUT2D eigenvalue weighted by atomic mass is 10.1. The SMILES string of the molecule is CN(CC1CCCCO1)c1cc(C(N)=O)ccc1N. The molecule has 0 aliphatic carbocycles. The van der Waals surface area contributed by atoms with E-state index in [-0.39, 0.29) is 6.10 Å². The van der Waals surface area contributed by atoms with Crippen molar-refractivity contribution in [1.29, 1.82) is 0 Å². The highest BCUT2D eigenvalue weighted by Crippen LogP contribution is 2.25. The summed E-state index contributed by atoms with van der Waals surface area (Å²) in [5, 5.41) is 0. The fourth-order valence-electron chi connectivity index (χ4n) is 2.38. The van der Waals surface area contributed by atoms with Gasteiger partial charge in [0, 0.05) is 25.8 Å². The van der Waals surface area contributed by atoms with E-state index in [4.69, 9.17) is 16.2 Å². The number of carbonyl (C=O) groups excluding carboxylic acids is 1. The zero-order valence-electron chi connectivity index (χ0n) is 11.3. The molecule has 0 radical (unpaired) electrons. The Bertz CT molecular complexity index is 456. The number of nitrogens with zero attached hydrogens (tertiary/aromatic N) is 1. The molecule has 1 atom stereocenters. The third-order valence-corrected chi connectivity index (χ3v) is 3.48. The Balaban J connectivity index is 2.10. The number of nitrogen functional groups attached to an aromatic ring is 1. The molecule has 5 nitrogen and oxygen atoms in total.